The van der Waals surface area contributed by atoms with Gasteiger partial charge in [0.05, 0.1) is 5.54 Å². The fourth-order valence-electron chi connectivity index (χ4n) is 1.56. The molecule has 0 aromatic carbocycles. The van der Waals surface area contributed by atoms with Gasteiger partial charge in [-0.2, -0.15) is 0 Å². The number of nitrogens with one attached hydrogen (secondary N) is 1. The van der Waals surface area contributed by atoms with Crippen LogP contribution in [0.2, 0.25) is 0 Å². The SMILES string of the molecule is C=CCC(C)NC(=O)C(C)(N)C1CC1. The Kier molecular flexibility index (Phi) is 3.32. The first-order chi connectivity index (χ1) is 6.48. The van der Waals surface area contributed by atoms with Crippen LogP contribution in [0.3, 0.4) is 0 Å². The summed E-state index contributed by atoms with van der Waals surface area (Å²) in [6.45, 7) is 7.42. The summed E-state index contributed by atoms with van der Waals surface area (Å²) >= 11 is 0. The third-order valence-electron chi connectivity index (χ3n) is 2.81. The van der Waals surface area contributed by atoms with E-state index in [-0.39, 0.29) is 11.9 Å². The van der Waals surface area contributed by atoms with Crippen LogP contribution < -0.4 is 11.1 Å². The lowest BCUT2D eigenvalue weighted by atomic mass is 9.96. The van der Waals surface area contributed by atoms with Crippen molar-refractivity contribution in [1.82, 2.24) is 5.32 Å². The second-order valence-electron chi connectivity index (χ2n) is 4.46. The molecule has 0 saturated heterocycles. The summed E-state index contributed by atoms with van der Waals surface area (Å²) in [7, 11) is 0. The fraction of sp³-hybridized carbons (Fsp3) is 0.727. The number of hydrogen-bond donors (Lipinski definition) is 2. The summed E-state index contributed by atoms with van der Waals surface area (Å²) < 4.78 is 0. The van der Waals surface area contributed by atoms with Crippen LogP contribution in [0.25, 0.3) is 0 Å². The molecule has 0 heterocycles. The van der Waals surface area contributed by atoms with E-state index in [1.165, 1.54) is 0 Å². The number of amides is 1. The highest BCUT2D eigenvalue weighted by Gasteiger charge is 2.44. The van der Waals surface area contributed by atoms with E-state index >= 15 is 0 Å². The molecule has 1 aliphatic rings. The largest absolute Gasteiger partial charge is 0.352 e. The predicted octanol–water partition coefficient (Wildman–Crippen LogP) is 1.19. The van der Waals surface area contributed by atoms with Gasteiger partial charge in [-0.1, -0.05) is 6.08 Å². The van der Waals surface area contributed by atoms with Crippen LogP contribution >= 0.6 is 0 Å². The Balaban J connectivity index is 2.43. The Hall–Kier alpha value is -0.830. The van der Waals surface area contributed by atoms with Crippen molar-refractivity contribution in [2.45, 2.75) is 44.7 Å². The third kappa shape index (κ3) is 2.58. The van der Waals surface area contributed by atoms with Crippen molar-refractivity contribution < 1.29 is 4.79 Å². The fourth-order valence-corrected chi connectivity index (χ4v) is 1.56. The van der Waals surface area contributed by atoms with Gasteiger partial charge in [0, 0.05) is 6.04 Å². The quantitative estimate of drug-likeness (QED) is 0.649. The minimum atomic E-state index is -0.685. The number of carbonyl (C=O) groups is 1. The van der Waals surface area contributed by atoms with E-state index < -0.39 is 5.54 Å². The highest BCUT2D eigenvalue weighted by atomic mass is 16.2. The maximum absolute atomic E-state index is 11.8. The Morgan fingerprint density at radius 1 is 1.79 bits per heavy atom. The minimum absolute atomic E-state index is 0.0330. The van der Waals surface area contributed by atoms with Gasteiger partial charge in [-0.05, 0) is 39.0 Å². The molecule has 0 aliphatic heterocycles. The summed E-state index contributed by atoms with van der Waals surface area (Å²) in [6, 6.07) is 0.127. The number of rotatable bonds is 5. The van der Waals surface area contributed by atoms with Crippen molar-refractivity contribution in [3.05, 3.63) is 12.7 Å². The molecule has 0 bridgehead atoms. The van der Waals surface area contributed by atoms with Crippen LogP contribution in [0.5, 0.6) is 0 Å². The Bertz CT molecular complexity index is 231. The van der Waals surface area contributed by atoms with Crippen LogP contribution in [0.4, 0.5) is 0 Å². The molecule has 0 aromatic rings. The lowest BCUT2D eigenvalue weighted by Crippen LogP contribution is -2.55. The molecule has 0 aromatic heterocycles. The molecular formula is C11H20N2O. The van der Waals surface area contributed by atoms with Crippen LogP contribution in [-0.4, -0.2) is 17.5 Å². The molecular weight excluding hydrogens is 176 g/mol. The van der Waals surface area contributed by atoms with Gasteiger partial charge in [-0.15, -0.1) is 6.58 Å². The molecule has 14 heavy (non-hydrogen) atoms. The topological polar surface area (TPSA) is 55.1 Å². The van der Waals surface area contributed by atoms with Crippen LogP contribution in [0.1, 0.15) is 33.1 Å². The molecule has 1 rings (SSSR count). The Morgan fingerprint density at radius 3 is 2.79 bits per heavy atom. The van der Waals surface area contributed by atoms with Gasteiger partial charge in [0.15, 0.2) is 0 Å². The number of nitrogens with two attached hydrogens (primary N) is 1. The average Bonchev–Trinajstić information content (AvgIpc) is 2.86. The van der Waals surface area contributed by atoms with E-state index in [1.807, 2.05) is 13.8 Å². The lowest BCUT2D eigenvalue weighted by Gasteiger charge is -2.25. The van der Waals surface area contributed by atoms with Gasteiger partial charge in [0.25, 0.3) is 0 Å². The van der Waals surface area contributed by atoms with Gasteiger partial charge in [-0.3, -0.25) is 4.79 Å². The summed E-state index contributed by atoms with van der Waals surface area (Å²) in [6.07, 6.45) is 4.74. The lowest BCUT2D eigenvalue weighted by molar-refractivity contribution is -0.127. The molecule has 1 saturated carbocycles. The molecule has 1 fully saturated rings. The molecule has 3 heteroatoms. The predicted molar refractivity (Wildman–Crippen MR) is 57.7 cm³/mol. The zero-order valence-electron chi connectivity index (χ0n) is 9.05. The molecule has 0 spiro atoms. The highest BCUT2D eigenvalue weighted by molar-refractivity contribution is 5.86. The van der Waals surface area contributed by atoms with E-state index in [0.29, 0.717) is 5.92 Å². The van der Waals surface area contributed by atoms with Gasteiger partial charge in [0.1, 0.15) is 0 Å². The summed E-state index contributed by atoms with van der Waals surface area (Å²) in [4.78, 5) is 11.8. The van der Waals surface area contributed by atoms with Crippen LogP contribution in [0.15, 0.2) is 12.7 Å². The van der Waals surface area contributed by atoms with E-state index in [9.17, 15) is 4.79 Å². The van der Waals surface area contributed by atoms with Gasteiger partial charge < -0.3 is 11.1 Å². The van der Waals surface area contributed by atoms with Crippen molar-refractivity contribution in [2.24, 2.45) is 11.7 Å². The Morgan fingerprint density at radius 2 is 2.36 bits per heavy atom. The maximum atomic E-state index is 11.8. The third-order valence-corrected chi connectivity index (χ3v) is 2.81. The summed E-state index contributed by atoms with van der Waals surface area (Å²) in [5.41, 5.74) is 5.29. The molecule has 3 nitrogen and oxygen atoms in total. The van der Waals surface area contributed by atoms with E-state index in [0.717, 1.165) is 19.3 Å². The summed E-state index contributed by atoms with van der Waals surface area (Å²) in [5, 5.41) is 2.91. The molecule has 2 unspecified atom stereocenters. The van der Waals surface area contributed by atoms with Gasteiger partial charge >= 0.3 is 0 Å². The maximum Gasteiger partial charge on any atom is 0.240 e. The van der Waals surface area contributed by atoms with Crippen molar-refractivity contribution in [1.29, 1.82) is 0 Å². The molecule has 0 radical (unpaired) electrons. The van der Waals surface area contributed by atoms with Crippen molar-refractivity contribution in [2.75, 3.05) is 0 Å². The normalized spacial score (nSPS) is 22.2. The first-order valence-corrected chi connectivity index (χ1v) is 5.19. The standard InChI is InChI=1S/C11H20N2O/c1-4-5-8(2)13-10(14)11(3,12)9-6-7-9/h4,8-9H,1,5-7,12H2,2-3H3,(H,13,14). The second kappa shape index (κ2) is 4.13. The Labute approximate surface area is 85.7 Å². The van der Waals surface area contributed by atoms with Gasteiger partial charge in [0.2, 0.25) is 5.91 Å². The zero-order chi connectivity index (χ0) is 10.8. The van der Waals surface area contributed by atoms with E-state index in [1.54, 1.807) is 6.08 Å². The van der Waals surface area contributed by atoms with E-state index in [4.69, 9.17) is 5.73 Å². The molecule has 3 N–H and O–H groups in total. The van der Waals surface area contributed by atoms with Crippen LogP contribution in [-0.2, 0) is 4.79 Å². The first-order valence-electron chi connectivity index (χ1n) is 5.19. The van der Waals surface area contributed by atoms with Crippen LogP contribution in [0, 0.1) is 5.92 Å². The van der Waals surface area contributed by atoms with E-state index in [2.05, 4.69) is 11.9 Å². The minimum Gasteiger partial charge on any atom is -0.352 e. The van der Waals surface area contributed by atoms with Crippen molar-refractivity contribution in [3.63, 3.8) is 0 Å². The smallest absolute Gasteiger partial charge is 0.240 e. The molecule has 2 atom stereocenters. The average molecular weight is 196 g/mol. The number of hydrogen-bond acceptors (Lipinski definition) is 2. The van der Waals surface area contributed by atoms with Crippen molar-refractivity contribution in [3.8, 4) is 0 Å². The second-order valence-corrected chi connectivity index (χ2v) is 4.46. The molecule has 80 valence electrons. The zero-order valence-corrected chi connectivity index (χ0v) is 9.05. The molecule has 1 amide bonds. The number of carbonyl (C=O) groups excluding carboxylic acids is 1. The highest BCUT2D eigenvalue weighted by Crippen LogP contribution is 2.38. The summed E-state index contributed by atoms with van der Waals surface area (Å²) in [5.74, 6) is 0.341. The van der Waals surface area contributed by atoms with Gasteiger partial charge in [-0.25, -0.2) is 0 Å². The van der Waals surface area contributed by atoms with Crippen molar-refractivity contribution >= 4 is 5.91 Å². The molecule has 1 aliphatic carbocycles. The first kappa shape index (κ1) is 11.2. The monoisotopic (exact) mass is 196 g/mol.